The van der Waals surface area contributed by atoms with Gasteiger partial charge in [0.15, 0.2) is 0 Å². The molecule has 0 radical (unpaired) electrons. The van der Waals surface area contributed by atoms with E-state index in [4.69, 9.17) is 4.42 Å². The molecule has 0 bridgehead atoms. The summed E-state index contributed by atoms with van der Waals surface area (Å²) in [4.78, 5) is 12.4. The van der Waals surface area contributed by atoms with Gasteiger partial charge in [0.2, 0.25) is 15.9 Å². The minimum atomic E-state index is -3.52. The van der Waals surface area contributed by atoms with Gasteiger partial charge in [-0.25, -0.2) is 12.7 Å². The molecule has 1 aromatic heterocycles. The number of aryl methyl sites for hydroxylation is 1. The number of carbonyl (C=O) groups excluding carboxylic acids is 1. The number of amides is 1. The van der Waals surface area contributed by atoms with E-state index in [1.807, 2.05) is 31.2 Å². The lowest BCUT2D eigenvalue weighted by Gasteiger charge is -2.11. The zero-order valence-corrected chi connectivity index (χ0v) is 16.5. The Kier molecular flexibility index (Phi) is 5.57. The first-order valence-electron chi connectivity index (χ1n) is 8.48. The predicted octanol–water partition coefficient (Wildman–Crippen LogP) is 2.23. The van der Waals surface area contributed by atoms with E-state index < -0.39 is 15.9 Å². The Morgan fingerprint density at radius 2 is 1.75 bits per heavy atom. The van der Waals surface area contributed by atoms with Crippen LogP contribution in [0.2, 0.25) is 0 Å². The fourth-order valence-corrected chi connectivity index (χ4v) is 3.37. The van der Waals surface area contributed by atoms with Crippen LogP contribution in [0.5, 0.6) is 0 Å². The van der Waals surface area contributed by atoms with Gasteiger partial charge in [-0.15, -0.1) is 10.2 Å². The molecule has 0 saturated heterocycles. The second-order valence-corrected chi connectivity index (χ2v) is 8.49. The Balaban J connectivity index is 1.71. The number of aromatic nitrogens is 2. The molecular formula is C19H20N4O4S. The van der Waals surface area contributed by atoms with Gasteiger partial charge in [0.25, 0.3) is 0 Å². The number of sulfonamides is 1. The molecule has 146 valence electrons. The summed E-state index contributed by atoms with van der Waals surface area (Å²) >= 11 is 0. The second-order valence-electron chi connectivity index (χ2n) is 6.33. The quantitative estimate of drug-likeness (QED) is 0.680. The normalized spacial score (nSPS) is 11.6. The number of nitrogens with one attached hydrogen (secondary N) is 1. The Hall–Kier alpha value is -3.04. The maximum atomic E-state index is 12.2. The summed E-state index contributed by atoms with van der Waals surface area (Å²) < 4.78 is 30.8. The third-order valence-corrected chi connectivity index (χ3v) is 6.03. The third kappa shape index (κ3) is 4.10. The number of benzene rings is 2. The lowest BCUT2D eigenvalue weighted by atomic mass is 10.1. The highest BCUT2D eigenvalue weighted by atomic mass is 32.2. The van der Waals surface area contributed by atoms with Crippen LogP contribution in [0.1, 0.15) is 21.8 Å². The summed E-state index contributed by atoms with van der Waals surface area (Å²) in [5, 5.41) is 10.4. The Morgan fingerprint density at radius 3 is 2.39 bits per heavy atom. The molecule has 1 heterocycles. The number of carbonyl (C=O) groups is 1. The summed E-state index contributed by atoms with van der Waals surface area (Å²) in [6.07, 6.45) is 0. The topological polar surface area (TPSA) is 105 Å². The molecule has 2 aromatic carbocycles. The number of nitrogens with zero attached hydrogens (tertiary/aromatic N) is 3. The number of rotatable bonds is 6. The van der Waals surface area contributed by atoms with Crippen LogP contribution in [0.15, 0.2) is 57.8 Å². The fraction of sp³-hybridized carbons (Fsp3) is 0.211. The smallest absolute Gasteiger partial charge is 0.309 e. The molecule has 0 saturated carbocycles. The van der Waals surface area contributed by atoms with Crippen LogP contribution in [0.25, 0.3) is 11.5 Å². The minimum Gasteiger partial charge on any atom is -0.412 e. The van der Waals surface area contributed by atoms with E-state index in [2.05, 4.69) is 15.5 Å². The largest absolute Gasteiger partial charge is 0.412 e. The zero-order chi connectivity index (χ0) is 20.3. The van der Waals surface area contributed by atoms with Crippen LogP contribution in [-0.2, 0) is 16.6 Å². The van der Waals surface area contributed by atoms with Crippen molar-refractivity contribution in [2.24, 2.45) is 0 Å². The van der Waals surface area contributed by atoms with Gasteiger partial charge in [-0.05, 0) is 42.3 Å². The van der Waals surface area contributed by atoms with Crippen LogP contribution in [0.4, 0.5) is 0 Å². The van der Waals surface area contributed by atoms with E-state index >= 15 is 0 Å². The van der Waals surface area contributed by atoms with Gasteiger partial charge in [-0.2, -0.15) is 0 Å². The van der Waals surface area contributed by atoms with Gasteiger partial charge in [0.05, 0.1) is 4.90 Å². The third-order valence-electron chi connectivity index (χ3n) is 4.20. The Labute approximate surface area is 163 Å². The van der Waals surface area contributed by atoms with Crippen molar-refractivity contribution in [3.8, 4) is 11.5 Å². The van der Waals surface area contributed by atoms with Crippen molar-refractivity contribution in [3.05, 3.63) is 65.5 Å². The highest BCUT2D eigenvalue weighted by Crippen LogP contribution is 2.21. The zero-order valence-electron chi connectivity index (χ0n) is 15.7. The first-order chi connectivity index (χ1) is 13.3. The highest BCUT2D eigenvalue weighted by molar-refractivity contribution is 7.89. The van der Waals surface area contributed by atoms with E-state index in [0.29, 0.717) is 12.1 Å². The van der Waals surface area contributed by atoms with Crippen LogP contribution >= 0.6 is 0 Å². The molecule has 0 fully saturated rings. The minimum absolute atomic E-state index is 0.134. The van der Waals surface area contributed by atoms with Crippen molar-refractivity contribution in [2.75, 3.05) is 14.1 Å². The van der Waals surface area contributed by atoms with Crippen molar-refractivity contribution >= 4 is 15.9 Å². The molecule has 0 unspecified atom stereocenters. The van der Waals surface area contributed by atoms with Crippen LogP contribution < -0.4 is 5.32 Å². The second kappa shape index (κ2) is 7.91. The van der Waals surface area contributed by atoms with E-state index in [0.717, 1.165) is 15.4 Å². The van der Waals surface area contributed by atoms with Crippen LogP contribution in [-0.4, -0.2) is 42.9 Å². The van der Waals surface area contributed by atoms with Crippen molar-refractivity contribution in [3.63, 3.8) is 0 Å². The van der Waals surface area contributed by atoms with Gasteiger partial charge >= 0.3 is 11.8 Å². The van der Waals surface area contributed by atoms with Gasteiger partial charge in [0.1, 0.15) is 0 Å². The highest BCUT2D eigenvalue weighted by Gasteiger charge is 2.19. The summed E-state index contributed by atoms with van der Waals surface area (Å²) in [6.45, 7) is 2.31. The molecule has 9 heteroatoms. The summed E-state index contributed by atoms with van der Waals surface area (Å²) in [7, 11) is -0.596. The molecule has 3 aromatic rings. The standard InChI is InChI=1S/C19H20N4O4S/c1-13-6-4-5-7-15(13)12-20-17(24)19-22-21-18(27-19)14-8-10-16(11-9-14)28(25,26)23(2)3/h4-11H,12H2,1-3H3,(H,20,24). The molecular weight excluding hydrogens is 380 g/mol. The van der Waals surface area contributed by atoms with Crippen LogP contribution in [0.3, 0.4) is 0 Å². The molecule has 3 rings (SSSR count). The Morgan fingerprint density at radius 1 is 1.07 bits per heavy atom. The first-order valence-corrected chi connectivity index (χ1v) is 9.92. The van der Waals surface area contributed by atoms with Crippen molar-refractivity contribution in [1.29, 1.82) is 0 Å². The Bertz CT molecular complexity index is 1090. The SMILES string of the molecule is Cc1ccccc1CNC(=O)c1nnc(-c2ccc(S(=O)(=O)N(C)C)cc2)o1. The van der Waals surface area contributed by atoms with Gasteiger partial charge in [0, 0.05) is 26.2 Å². The molecule has 0 spiro atoms. The lowest BCUT2D eigenvalue weighted by Crippen LogP contribution is -2.23. The molecule has 0 aliphatic rings. The molecule has 28 heavy (non-hydrogen) atoms. The summed E-state index contributed by atoms with van der Waals surface area (Å²) in [6, 6.07) is 13.7. The summed E-state index contributed by atoms with van der Waals surface area (Å²) in [5.41, 5.74) is 2.58. The van der Waals surface area contributed by atoms with Gasteiger partial charge in [-0.3, -0.25) is 4.79 Å². The lowest BCUT2D eigenvalue weighted by molar-refractivity contribution is 0.0916. The maximum Gasteiger partial charge on any atom is 0.309 e. The fourth-order valence-electron chi connectivity index (χ4n) is 2.47. The van der Waals surface area contributed by atoms with Crippen molar-refractivity contribution in [2.45, 2.75) is 18.4 Å². The van der Waals surface area contributed by atoms with E-state index in [1.165, 1.54) is 26.2 Å². The van der Waals surface area contributed by atoms with Crippen LogP contribution in [0, 0.1) is 6.92 Å². The average molecular weight is 400 g/mol. The first kappa shape index (κ1) is 19.7. The molecule has 8 nitrogen and oxygen atoms in total. The maximum absolute atomic E-state index is 12.2. The summed E-state index contributed by atoms with van der Waals surface area (Å²) in [5.74, 6) is -0.503. The van der Waals surface area contributed by atoms with E-state index in [-0.39, 0.29) is 16.7 Å². The predicted molar refractivity (Wildman–Crippen MR) is 103 cm³/mol. The van der Waals surface area contributed by atoms with Crippen molar-refractivity contribution < 1.29 is 17.6 Å². The molecule has 1 amide bonds. The van der Waals surface area contributed by atoms with E-state index in [9.17, 15) is 13.2 Å². The number of hydrogen-bond donors (Lipinski definition) is 1. The molecule has 0 aliphatic heterocycles. The van der Waals surface area contributed by atoms with Gasteiger partial charge < -0.3 is 9.73 Å². The van der Waals surface area contributed by atoms with Gasteiger partial charge in [-0.1, -0.05) is 24.3 Å². The molecule has 0 aliphatic carbocycles. The van der Waals surface area contributed by atoms with Crippen molar-refractivity contribution in [1.82, 2.24) is 19.8 Å². The molecule has 0 atom stereocenters. The number of hydrogen-bond acceptors (Lipinski definition) is 6. The van der Waals surface area contributed by atoms with E-state index in [1.54, 1.807) is 12.1 Å². The average Bonchev–Trinajstić information content (AvgIpc) is 3.17. The molecule has 1 N–H and O–H groups in total. The monoisotopic (exact) mass is 400 g/mol.